The molecule has 0 amide bonds. The number of rotatable bonds is 2. The van der Waals surface area contributed by atoms with Crippen LogP contribution in [0.5, 0.6) is 0 Å². The molecule has 0 aliphatic heterocycles. The van der Waals surface area contributed by atoms with E-state index in [1.165, 1.54) is 0 Å². The Kier molecular flexibility index (Phi) is 3.56. The molecule has 1 rings (SSSR count). The molecular formula is C12H22O2Si. The molecule has 0 heterocycles. The van der Waals surface area contributed by atoms with Crippen LogP contribution in [0, 0.1) is 0 Å². The van der Waals surface area contributed by atoms with E-state index in [1.807, 2.05) is 6.08 Å². The number of hydrogen-bond acceptors (Lipinski definition) is 2. The summed E-state index contributed by atoms with van der Waals surface area (Å²) in [6.07, 6.45) is 5.17. The van der Waals surface area contributed by atoms with E-state index in [1.54, 1.807) is 6.08 Å². The first-order valence-corrected chi connectivity index (χ1v) is 8.50. The van der Waals surface area contributed by atoms with Gasteiger partial charge in [-0.2, -0.15) is 0 Å². The topological polar surface area (TPSA) is 26.3 Å². The summed E-state index contributed by atoms with van der Waals surface area (Å²) in [6, 6.07) is 0. The Labute approximate surface area is 93.8 Å². The Balaban J connectivity index is 2.62. The maximum absolute atomic E-state index is 11.3. The maximum atomic E-state index is 11.3. The van der Waals surface area contributed by atoms with Crippen LogP contribution in [0.1, 0.15) is 33.6 Å². The lowest BCUT2D eigenvalue weighted by atomic mass is 10.0. The molecule has 2 nitrogen and oxygen atoms in total. The third-order valence-corrected chi connectivity index (χ3v) is 7.93. The average Bonchev–Trinajstić information content (AvgIpc) is 2.00. The van der Waals surface area contributed by atoms with Crippen LogP contribution in [0.25, 0.3) is 0 Å². The minimum absolute atomic E-state index is 0.114. The van der Waals surface area contributed by atoms with E-state index >= 15 is 0 Å². The summed E-state index contributed by atoms with van der Waals surface area (Å²) >= 11 is 0. The SMILES string of the molecule is CC(C)(C)[Si](C)(C)O[C@@H]1CC=CC(=O)C1. The maximum Gasteiger partial charge on any atom is 0.192 e. The zero-order valence-corrected chi connectivity index (χ0v) is 11.5. The van der Waals surface area contributed by atoms with E-state index in [4.69, 9.17) is 4.43 Å². The summed E-state index contributed by atoms with van der Waals surface area (Å²) in [7, 11) is -1.71. The van der Waals surface area contributed by atoms with Gasteiger partial charge in [0.2, 0.25) is 0 Å². The van der Waals surface area contributed by atoms with Crippen LogP contribution in [0.2, 0.25) is 18.1 Å². The molecule has 0 spiro atoms. The minimum atomic E-state index is -1.71. The van der Waals surface area contributed by atoms with Gasteiger partial charge in [0.25, 0.3) is 0 Å². The molecule has 0 aromatic rings. The summed E-state index contributed by atoms with van der Waals surface area (Å²) < 4.78 is 6.18. The van der Waals surface area contributed by atoms with E-state index in [-0.39, 0.29) is 16.9 Å². The van der Waals surface area contributed by atoms with Gasteiger partial charge >= 0.3 is 0 Å². The molecule has 0 saturated heterocycles. The summed E-state index contributed by atoms with van der Waals surface area (Å²) in [6.45, 7) is 11.1. The minimum Gasteiger partial charge on any atom is -0.413 e. The van der Waals surface area contributed by atoms with Gasteiger partial charge in [-0.15, -0.1) is 0 Å². The molecule has 0 saturated carbocycles. The van der Waals surface area contributed by atoms with Crippen LogP contribution in [-0.4, -0.2) is 20.2 Å². The van der Waals surface area contributed by atoms with Crippen molar-refractivity contribution in [1.82, 2.24) is 0 Å². The lowest BCUT2D eigenvalue weighted by Crippen LogP contribution is -2.44. The summed E-state index contributed by atoms with van der Waals surface area (Å²) in [4.78, 5) is 11.3. The van der Waals surface area contributed by atoms with Gasteiger partial charge in [-0.05, 0) is 30.6 Å². The van der Waals surface area contributed by atoms with Crippen molar-refractivity contribution in [2.45, 2.75) is 57.8 Å². The number of ketones is 1. The van der Waals surface area contributed by atoms with Gasteiger partial charge in [-0.3, -0.25) is 4.79 Å². The van der Waals surface area contributed by atoms with Crippen LogP contribution < -0.4 is 0 Å². The van der Waals surface area contributed by atoms with Crippen molar-refractivity contribution in [3.8, 4) is 0 Å². The monoisotopic (exact) mass is 226 g/mol. The summed E-state index contributed by atoms with van der Waals surface area (Å²) in [5, 5.41) is 0.219. The lowest BCUT2D eigenvalue weighted by Gasteiger charge is -2.39. The zero-order valence-electron chi connectivity index (χ0n) is 10.5. The van der Waals surface area contributed by atoms with E-state index in [9.17, 15) is 4.79 Å². The smallest absolute Gasteiger partial charge is 0.192 e. The molecule has 3 heteroatoms. The van der Waals surface area contributed by atoms with Gasteiger partial charge in [0.15, 0.2) is 14.1 Å². The molecule has 1 atom stereocenters. The molecule has 0 fully saturated rings. The van der Waals surface area contributed by atoms with Crippen molar-refractivity contribution in [3.63, 3.8) is 0 Å². The lowest BCUT2D eigenvalue weighted by molar-refractivity contribution is -0.116. The van der Waals surface area contributed by atoms with Gasteiger partial charge in [-0.25, -0.2) is 0 Å². The first kappa shape index (κ1) is 12.7. The Hall–Kier alpha value is -0.413. The van der Waals surface area contributed by atoms with Gasteiger partial charge < -0.3 is 4.43 Å². The highest BCUT2D eigenvalue weighted by Gasteiger charge is 2.39. The normalized spacial score (nSPS) is 23.3. The van der Waals surface area contributed by atoms with Crippen molar-refractivity contribution in [3.05, 3.63) is 12.2 Å². The van der Waals surface area contributed by atoms with Crippen molar-refractivity contribution in [2.24, 2.45) is 0 Å². The highest BCUT2D eigenvalue weighted by molar-refractivity contribution is 6.74. The summed E-state index contributed by atoms with van der Waals surface area (Å²) in [5.74, 6) is 0.199. The third-order valence-electron chi connectivity index (χ3n) is 3.40. The predicted molar refractivity (Wildman–Crippen MR) is 65.5 cm³/mol. The van der Waals surface area contributed by atoms with Crippen LogP contribution in [0.3, 0.4) is 0 Å². The molecule has 0 aromatic heterocycles. The molecule has 0 aromatic carbocycles. The molecule has 0 bridgehead atoms. The first-order chi connectivity index (χ1) is 6.72. The number of carbonyl (C=O) groups is 1. The number of allylic oxidation sites excluding steroid dienone is 1. The standard InChI is InChI=1S/C12H22O2Si/c1-12(2,3)15(4,5)14-11-8-6-7-10(13)9-11/h6-7,11H,8-9H2,1-5H3/t11-/m1/s1. The Morgan fingerprint density at radius 2 is 2.00 bits per heavy atom. The second kappa shape index (κ2) is 4.22. The molecule has 86 valence electrons. The van der Waals surface area contributed by atoms with E-state index in [0.29, 0.717) is 6.42 Å². The van der Waals surface area contributed by atoms with Gasteiger partial charge in [0.1, 0.15) is 0 Å². The predicted octanol–water partition coefficient (Wildman–Crippen LogP) is 3.30. The fourth-order valence-corrected chi connectivity index (χ4v) is 2.78. The quantitative estimate of drug-likeness (QED) is 0.675. The van der Waals surface area contributed by atoms with Crippen molar-refractivity contribution in [2.75, 3.05) is 0 Å². The van der Waals surface area contributed by atoms with Crippen molar-refractivity contribution >= 4 is 14.1 Å². The second-order valence-electron chi connectivity index (χ2n) is 5.81. The number of hydrogen-bond donors (Lipinski definition) is 0. The molecule has 1 aliphatic carbocycles. The third kappa shape index (κ3) is 3.28. The second-order valence-corrected chi connectivity index (χ2v) is 10.6. The van der Waals surface area contributed by atoms with Crippen LogP contribution in [0.15, 0.2) is 12.2 Å². The zero-order chi connectivity index (χ0) is 11.7. The molecule has 0 unspecified atom stereocenters. The van der Waals surface area contributed by atoms with E-state index in [2.05, 4.69) is 33.9 Å². The van der Waals surface area contributed by atoms with Gasteiger partial charge in [-0.1, -0.05) is 26.8 Å². The van der Waals surface area contributed by atoms with E-state index in [0.717, 1.165) is 6.42 Å². The van der Waals surface area contributed by atoms with E-state index < -0.39 is 8.32 Å². The Bertz CT molecular complexity index is 274. The van der Waals surface area contributed by atoms with Crippen LogP contribution >= 0.6 is 0 Å². The highest BCUT2D eigenvalue weighted by Crippen LogP contribution is 2.38. The van der Waals surface area contributed by atoms with Gasteiger partial charge in [0.05, 0.1) is 6.10 Å². The van der Waals surface area contributed by atoms with Gasteiger partial charge in [0, 0.05) is 6.42 Å². The highest BCUT2D eigenvalue weighted by atomic mass is 28.4. The Morgan fingerprint density at radius 3 is 2.47 bits per heavy atom. The fraction of sp³-hybridized carbons (Fsp3) is 0.750. The fourth-order valence-electron chi connectivity index (χ4n) is 1.41. The first-order valence-electron chi connectivity index (χ1n) is 5.59. The van der Waals surface area contributed by atoms with Crippen molar-refractivity contribution < 1.29 is 9.22 Å². The number of carbonyl (C=O) groups excluding carboxylic acids is 1. The molecule has 1 aliphatic rings. The molecule has 15 heavy (non-hydrogen) atoms. The largest absolute Gasteiger partial charge is 0.413 e. The molecular weight excluding hydrogens is 204 g/mol. The summed E-state index contributed by atoms with van der Waals surface area (Å²) in [5.41, 5.74) is 0. The Morgan fingerprint density at radius 1 is 1.40 bits per heavy atom. The van der Waals surface area contributed by atoms with Crippen molar-refractivity contribution in [1.29, 1.82) is 0 Å². The molecule has 0 N–H and O–H groups in total. The van der Waals surface area contributed by atoms with Crippen LogP contribution in [0.4, 0.5) is 0 Å². The average molecular weight is 226 g/mol. The molecule has 0 radical (unpaired) electrons. The van der Waals surface area contributed by atoms with Crippen LogP contribution in [-0.2, 0) is 9.22 Å².